The van der Waals surface area contributed by atoms with Gasteiger partial charge in [-0.05, 0) is 70.0 Å². The van der Waals surface area contributed by atoms with Crippen LogP contribution in [-0.2, 0) is 0 Å². The highest BCUT2D eigenvalue weighted by Gasteiger charge is 2.31. The van der Waals surface area contributed by atoms with Crippen LogP contribution in [0.2, 0.25) is 0 Å². The van der Waals surface area contributed by atoms with Crippen LogP contribution in [-0.4, -0.2) is 65.5 Å². The maximum absolute atomic E-state index is 12.7. The SMILES string of the molecule is CC1CCN(C(=O)c2ccc(N3CCC(N4CCCC4C)CC3)nc2)CC1. The summed E-state index contributed by atoms with van der Waals surface area (Å²) in [5.74, 6) is 1.90. The van der Waals surface area contributed by atoms with Gasteiger partial charge in [-0.15, -0.1) is 0 Å². The van der Waals surface area contributed by atoms with Gasteiger partial charge in [-0.2, -0.15) is 0 Å². The molecular formula is C22H34N4O. The first-order valence-corrected chi connectivity index (χ1v) is 10.9. The first-order chi connectivity index (χ1) is 13.1. The van der Waals surface area contributed by atoms with E-state index in [0.29, 0.717) is 0 Å². The van der Waals surface area contributed by atoms with Crippen molar-refractivity contribution in [1.82, 2.24) is 14.8 Å². The van der Waals surface area contributed by atoms with Gasteiger partial charge in [0, 0.05) is 44.5 Å². The Labute approximate surface area is 163 Å². The van der Waals surface area contributed by atoms with Gasteiger partial charge < -0.3 is 9.80 Å². The van der Waals surface area contributed by atoms with Gasteiger partial charge in [0.15, 0.2) is 0 Å². The number of amides is 1. The summed E-state index contributed by atoms with van der Waals surface area (Å²) in [4.78, 5) is 24.4. The van der Waals surface area contributed by atoms with Crippen molar-refractivity contribution >= 4 is 11.7 Å². The number of likely N-dealkylation sites (tertiary alicyclic amines) is 2. The fourth-order valence-electron chi connectivity index (χ4n) is 5.02. The molecule has 3 aliphatic rings. The average Bonchev–Trinajstić information content (AvgIpc) is 3.14. The molecule has 1 amide bonds. The zero-order valence-corrected chi connectivity index (χ0v) is 16.9. The van der Waals surface area contributed by atoms with E-state index < -0.39 is 0 Å². The maximum atomic E-state index is 12.7. The quantitative estimate of drug-likeness (QED) is 0.817. The summed E-state index contributed by atoms with van der Waals surface area (Å²) < 4.78 is 0. The molecule has 3 fully saturated rings. The Balaban J connectivity index is 1.32. The smallest absolute Gasteiger partial charge is 0.255 e. The van der Waals surface area contributed by atoms with Crippen LogP contribution >= 0.6 is 0 Å². The number of anilines is 1. The van der Waals surface area contributed by atoms with Gasteiger partial charge in [-0.1, -0.05) is 6.92 Å². The lowest BCUT2D eigenvalue weighted by Gasteiger charge is -2.39. The lowest BCUT2D eigenvalue weighted by molar-refractivity contribution is 0.0697. The van der Waals surface area contributed by atoms with E-state index in [9.17, 15) is 4.79 Å². The number of rotatable bonds is 3. The lowest BCUT2D eigenvalue weighted by Crippen LogP contribution is -2.46. The van der Waals surface area contributed by atoms with Gasteiger partial charge in [0.05, 0.1) is 5.56 Å². The van der Waals surface area contributed by atoms with Crippen LogP contribution in [0.4, 0.5) is 5.82 Å². The molecule has 148 valence electrons. The Morgan fingerprint density at radius 1 is 0.963 bits per heavy atom. The van der Waals surface area contributed by atoms with Crippen LogP contribution in [0, 0.1) is 5.92 Å². The number of carbonyl (C=O) groups excluding carboxylic acids is 1. The molecule has 4 heterocycles. The summed E-state index contributed by atoms with van der Waals surface area (Å²) >= 11 is 0. The molecular weight excluding hydrogens is 336 g/mol. The highest BCUT2D eigenvalue weighted by Crippen LogP contribution is 2.27. The van der Waals surface area contributed by atoms with Crippen LogP contribution < -0.4 is 4.90 Å². The standard InChI is InChI=1S/C22H34N4O/c1-17-7-12-25(13-8-17)22(27)19-5-6-21(23-16-19)24-14-9-20(10-15-24)26-11-3-4-18(26)2/h5-6,16-18,20H,3-4,7-15H2,1-2H3. The monoisotopic (exact) mass is 370 g/mol. The molecule has 5 heteroatoms. The predicted octanol–water partition coefficient (Wildman–Crippen LogP) is 3.41. The summed E-state index contributed by atoms with van der Waals surface area (Å²) in [6.07, 6.45) is 9.16. The van der Waals surface area contributed by atoms with Crippen molar-refractivity contribution in [3.8, 4) is 0 Å². The predicted molar refractivity (Wildman–Crippen MR) is 109 cm³/mol. The number of hydrogen-bond donors (Lipinski definition) is 0. The summed E-state index contributed by atoms with van der Waals surface area (Å²) in [6, 6.07) is 5.50. The van der Waals surface area contributed by atoms with Crippen molar-refractivity contribution < 1.29 is 4.79 Å². The number of carbonyl (C=O) groups is 1. The molecule has 1 atom stereocenters. The molecule has 0 aliphatic carbocycles. The Bertz CT molecular complexity index is 630. The van der Waals surface area contributed by atoms with E-state index in [4.69, 9.17) is 0 Å². The van der Waals surface area contributed by atoms with Crippen LogP contribution in [0.25, 0.3) is 0 Å². The lowest BCUT2D eigenvalue weighted by atomic mass is 9.99. The van der Waals surface area contributed by atoms with Gasteiger partial charge >= 0.3 is 0 Å². The largest absolute Gasteiger partial charge is 0.357 e. The zero-order chi connectivity index (χ0) is 18.8. The Morgan fingerprint density at radius 3 is 2.30 bits per heavy atom. The molecule has 5 nitrogen and oxygen atoms in total. The highest BCUT2D eigenvalue weighted by molar-refractivity contribution is 5.94. The Hall–Kier alpha value is -1.62. The molecule has 0 spiro atoms. The number of piperidine rings is 2. The van der Waals surface area contributed by atoms with Crippen LogP contribution in [0.5, 0.6) is 0 Å². The Morgan fingerprint density at radius 2 is 1.70 bits per heavy atom. The van der Waals surface area contributed by atoms with Gasteiger partial charge in [-0.3, -0.25) is 9.69 Å². The topological polar surface area (TPSA) is 39.7 Å². The second kappa shape index (κ2) is 8.17. The van der Waals surface area contributed by atoms with Gasteiger partial charge in [0.25, 0.3) is 5.91 Å². The van der Waals surface area contributed by atoms with E-state index in [0.717, 1.165) is 68.4 Å². The van der Waals surface area contributed by atoms with E-state index in [-0.39, 0.29) is 5.91 Å². The summed E-state index contributed by atoms with van der Waals surface area (Å²) in [5.41, 5.74) is 0.731. The molecule has 1 unspecified atom stereocenters. The van der Waals surface area contributed by atoms with Gasteiger partial charge in [0.1, 0.15) is 5.82 Å². The second-order valence-electron chi connectivity index (χ2n) is 8.83. The third-order valence-corrected chi connectivity index (χ3v) is 6.93. The molecule has 1 aromatic rings. The summed E-state index contributed by atoms with van der Waals surface area (Å²) in [7, 11) is 0. The number of hydrogen-bond acceptors (Lipinski definition) is 4. The van der Waals surface area contributed by atoms with Gasteiger partial charge in [-0.25, -0.2) is 4.98 Å². The molecule has 0 aromatic carbocycles. The molecule has 1 aromatic heterocycles. The minimum atomic E-state index is 0.141. The molecule has 0 saturated carbocycles. The number of nitrogens with zero attached hydrogens (tertiary/aromatic N) is 4. The van der Waals surface area contributed by atoms with Crippen LogP contribution in [0.3, 0.4) is 0 Å². The van der Waals surface area contributed by atoms with Crippen molar-refractivity contribution in [1.29, 1.82) is 0 Å². The molecule has 3 saturated heterocycles. The van der Waals surface area contributed by atoms with E-state index in [1.54, 1.807) is 6.20 Å². The normalized spacial score (nSPS) is 25.9. The minimum Gasteiger partial charge on any atom is -0.357 e. The maximum Gasteiger partial charge on any atom is 0.255 e. The fraction of sp³-hybridized carbons (Fsp3) is 0.727. The van der Waals surface area contributed by atoms with E-state index in [1.807, 2.05) is 17.0 Å². The van der Waals surface area contributed by atoms with Crippen LogP contribution in [0.1, 0.15) is 62.7 Å². The van der Waals surface area contributed by atoms with Crippen molar-refractivity contribution in [2.45, 2.75) is 64.5 Å². The Kier molecular flexibility index (Phi) is 5.67. The molecule has 0 radical (unpaired) electrons. The van der Waals surface area contributed by atoms with Crippen molar-refractivity contribution in [3.63, 3.8) is 0 Å². The fourth-order valence-corrected chi connectivity index (χ4v) is 5.02. The van der Waals surface area contributed by atoms with E-state index in [1.165, 1.54) is 32.2 Å². The number of pyridine rings is 1. The van der Waals surface area contributed by atoms with Crippen molar-refractivity contribution in [2.24, 2.45) is 5.92 Å². The number of aromatic nitrogens is 1. The summed E-state index contributed by atoms with van der Waals surface area (Å²) in [5, 5.41) is 0. The van der Waals surface area contributed by atoms with Gasteiger partial charge in [0.2, 0.25) is 0 Å². The third kappa shape index (κ3) is 4.13. The van der Waals surface area contributed by atoms with Crippen LogP contribution in [0.15, 0.2) is 18.3 Å². The summed E-state index contributed by atoms with van der Waals surface area (Å²) in [6.45, 7) is 9.81. The molecule has 0 bridgehead atoms. The molecule has 4 rings (SSSR count). The van der Waals surface area contributed by atoms with Crippen molar-refractivity contribution in [2.75, 3.05) is 37.6 Å². The average molecular weight is 371 g/mol. The van der Waals surface area contributed by atoms with E-state index >= 15 is 0 Å². The minimum absolute atomic E-state index is 0.141. The first-order valence-electron chi connectivity index (χ1n) is 10.9. The zero-order valence-electron chi connectivity index (χ0n) is 16.9. The van der Waals surface area contributed by atoms with E-state index in [2.05, 4.69) is 28.6 Å². The molecule has 0 N–H and O–H groups in total. The second-order valence-corrected chi connectivity index (χ2v) is 8.83. The molecule has 3 aliphatic heterocycles. The highest BCUT2D eigenvalue weighted by atomic mass is 16.2. The first kappa shape index (κ1) is 18.7. The molecule has 27 heavy (non-hydrogen) atoms. The van der Waals surface area contributed by atoms with Crippen molar-refractivity contribution in [3.05, 3.63) is 23.9 Å². The third-order valence-electron chi connectivity index (χ3n) is 6.93.